The standard InChI is InChI=1S/C16H31N3O/c1-3-4-9-18-16(20)13(2)19(11-14-7-8-14)12-15-6-5-10-17-15/h13-15,17H,3-12H2,1-2H3,(H,18,20). The minimum Gasteiger partial charge on any atom is -0.355 e. The summed E-state index contributed by atoms with van der Waals surface area (Å²) < 4.78 is 0. The first-order valence-electron chi connectivity index (χ1n) is 8.45. The van der Waals surface area contributed by atoms with Crippen molar-refractivity contribution >= 4 is 5.91 Å². The zero-order valence-corrected chi connectivity index (χ0v) is 13.2. The predicted octanol–water partition coefficient (Wildman–Crippen LogP) is 1.76. The highest BCUT2D eigenvalue weighted by atomic mass is 16.2. The Morgan fingerprint density at radius 3 is 2.75 bits per heavy atom. The summed E-state index contributed by atoms with van der Waals surface area (Å²) in [6.07, 6.45) is 7.43. The Bertz CT molecular complexity index is 298. The van der Waals surface area contributed by atoms with Crippen molar-refractivity contribution in [2.24, 2.45) is 5.92 Å². The van der Waals surface area contributed by atoms with Gasteiger partial charge in [0.2, 0.25) is 5.91 Å². The summed E-state index contributed by atoms with van der Waals surface area (Å²) in [6.45, 7) is 8.30. The molecule has 1 saturated heterocycles. The second-order valence-electron chi connectivity index (χ2n) is 6.51. The molecule has 0 aromatic rings. The van der Waals surface area contributed by atoms with E-state index in [4.69, 9.17) is 0 Å². The SMILES string of the molecule is CCCCNC(=O)C(C)N(CC1CC1)CC1CCCN1. The maximum Gasteiger partial charge on any atom is 0.237 e. The van der Waals surface area contributed by atoms with Crippen LogP contribution >= 0.6 is 0 Å². The summed E-state index contributed by atoms with van der Waals surface area (Å²) in [5, 5.41) is 6.63. The summed E-state index contributed by atoms with van der Waals surface area (Å²) in [6, 6.07) is 0.592. The van der Waals surface area contributed by atoms with Crippen molar-refractivity contribution in [1.29, 1.82) is 0 Å². The molecule has 2 atom stereocenters. The van der Waals surface area contributed by atoms with Gasteiger partial charge in [-0.15, -0.1) is 0 Å². The molecule has 116 valence electrons. The van der Waals surface area contributed by atoms with Crippen LogP contribution in [0.2, 0.25) is 0 Å². The molecule has 0 bridgehead atoms. The van der Waals surface area contributed by atoms with E-state index in [9.17, 15) is 4.79 Å². The first-order chi connectivity index (χ1) is 9.70. The Morgan fingerprint density at radius 2 is 2.15 bits per heavy atom. The summed E-state index contributed by atoms with van der Waals surface area (Å²) in [4.78, 5) is 14.7. The van der Waals surface area contributed by atoms with E-state index in [0.29, 0.717) is 6.04 Å². The molecule has 1 heterocycles. The van der Waals surface area contributed by atoms with Crippen molar-refractivity contribution in [2.45, 2.75) is 64.5 Å². The zero-order chi connectivity index (χ0) is 14.4. The molecule has 20 heavy (non-hydrogen) atoms. The van der Waals surface area contributed by atoms with Crippen molar-refractivity contribution in [3.05, 3.63) is 0 Å². The van der Waals surface area contributed by atoms with Gasteiger partial charge in [0, 0.05) is 25.7 Å². The lowest BCUT2D eigenvalue weighted by atomic mass is 10.1. The molecule has 1 amide bonds. The molecule has 0 aromatic heterocycles. The van der Waals surface area contributed by atoms with Gasteiger partial charge in [0.05, 0.1) is 6.04 Å². The average molecular weight is 281 g/mol. The van der Waals surface area contributed by atoms with Crippen LogP contribution in [0.5, 0.6) is 0 Å². The number of hydrogen-bond donors (Lipinski definition) is 2. The highest BCUT2D eigenvalue weighted by Crippen LogP contribution is 2.30. The molecule has 0 spiro atoms. The van der Waals surface area contributed by atoms with Crippen molar-refractivity contribution in [1.82, 2.24) is 15.5 Å². The van der Waals surface area contributed by atoms with E-state index in [1.165, 1.54) is 25.7 Å². The van der Waals surface area contributed by atoms with E-state index in [1.807, 2.05) is 0 Å². The number of nitrogens with zero attached hydrogens (tertiary/aromatic N) is 1. The fourth-order valence-electron chi connectivity index (χ4n) is 2.92. The number of nitrogens with one attached hydrogen (secondary N) is 2. The minimum atomic E-state index is 0.00913. The molecular weight excluding hydrogens is 250 g/mol. The van der Waals surface area contributed by atoms with Gasteiger partial charge < -0.3 is 10.6 Å². The Balaban J connectivity index is 1.81. The summed E-state index contributed by atoms with van der Waals surface area (Å²) in [5.41, 5.74) is 0. The van der Waals surface area contributed by atoms with Crippen LogP contribution in [0.4, 0.5) is 0 Å². The maximum absolute atomic E-state index is 12.3. The van der Waals surface area contributed by atoms with Gasteiger partial charge >= 0.3 is 0 Å². The van der Waals surface area contributed by atoms with Crippen LogP contribution in [0.3, 0.4) is 0 Å². The van der Waals surface area contributed by atoms with Crippen LogP contribution in [0, 0.1) is 5.92 Å². The number of rotatable bonds is 9. The normalized spacial score (nSPS) is 24.1. The summed E-state index contributed by atoms with van der Waals surface area (Å²) in [7, 11) is 0. The third-order valence-corrected chi connectivity index (χ3v) is 4.56. The fraction of sp³-hybridized carbons (Fsp3) is 0.938. The Labute approximate surface area is 123 Å². The van der Waals surface area contributed by atoms with Gasteiger partial charge in [0.25, 0.3) is 0 Å². The number of carbonyl (C=O) groups excluding carboxylic acids is 1. The largest absolute Gasteiger partial charge is 0.355 e. The number of unbranched alkanes of at least 4 members (excludes halogenated alkanes) is 1. The average Bonchev–Trinajstić information content (AvgIpc) is 3.11. The van der Waals surface area contributed by atoms with Gasteiger partial charge in [-0.1, -0.05) is 13.3 Å². The molecule has 2 rings (SSSR count). The van der Waals surface area contributed by atoms with Gasteiger partial charge in [-0.2, -0.15) is 0 Å². The van der Waals surface area contributed by atoms with E-state index in [0.717, 1.165) is 44.9 Å². The van der Waals surface area contributed by atoms with Crippen LogP contribution in [0.1, 0.15) is 52.4 Å². The molecule has 2 aliphatic rings. The lowest BCUT2D eigenvalue weighted by Crippen LogP contribution is -2.50. The van der Waals surface area contributed by atoms with Crippen molar-refractivity contribution < 1.29 is 4.79 Å². The number of carbonyl (C=O) groups is 1. The molecule has 2 N–H and O–H groups in total. The highest BCUT2D eigenvalue weighted by Gasteiger charge is 2.31. The van der Waals surface area contributed by atoms with Gasteiger partial charge in [0.1, 0.15) is 0 Å². The van der Waals surface area contributed by atoms with Crippen LogP contribution in [-0.4, -0.2) is 49.1 Å². The summed E-state index contributed by atoms with van der Waals surface area (Å²) in [5.74, 6) is 1.04. The molecule has 4 heteroatoms. The molecule has 4 nitrogen and oxygen atoms in total. The first kappa shape index (κ1) is 15.8. The zero-order valence-electron chi connectivity index (χ0n) is 13.2. The van der Waals surface area contributed by atoms with Gasteiger partial charge in [0.15, 0.2) is 0 Å². The third-order valence-electron chi connectivity index (χ3n) is 4.56. The van der Waals surface area contributed by atoms with E-state index in [2.05, 4.69) is 29.4 Å². The van der Waals surface area contributed by atoms with Crippen molar-refractivity contribution in [3.8, 4) is 0 Å². The summed E-state index contributed by atoms with van der Waals surface area (Å²) >= 11 is 0. The Hall–Kier alpha value is -0.610. The van der Waals surface area contributed by atoms with Crippen LogP contribution in [0.25, 0.3) is 0 Å². The first-order valence-corrected chi connectivity index (χ1v) is 8.45. The van der Waals surface area contributed by atoms with E-state index in [1.54, 1.807) is 0 Å². The minimum absolute atomic E-state index is 0.00913. The van der Waals surface area contributed by atoms with Crippen molar-refractivity contribution in [3.63, 3.8) is 0 Å². The van der Waals surface area contributed by atoms with Crippen LogP contribution in [0.15, 0.2) is 0 Å². The fourth-order valence-corrected chi connectivity index (χ4v) is 2.92. The van der Waals surface area contributed by atoms with Gasteiger partial charge in [-0.25, -0.2) is 0 Å². The van der Waals surface area contributed by atoms with Gasteiger partial charge in [-0.05, 0) is 51.5 Å². The van der Waals surface area contributed by atoms with Crippen LogP contribution < -0.4 is 10.6 Å². The smallest absolute Gasteiger partial charge is 0.237 e. The Morgan fingerprint density at radius 1 is 1.35 bits per heavy atom. The third kappa shape index (κ3) is 5.06. The predicted molar refractivity (Wildman–Crippen MR) is 82.7 cm³/mol. The second kappa shape index (κ2) is 7.99. The topological polar surface area (TPSA) is 44.4 Å². The Kier molecular flexibility index (Phi) is 6.30. The molecular formula is C16H31N3O. The number of hydrogen-bond acceptors (Lipinski definition) is 3. The van der Waals surface area contributed by atoms with Crippen LogP contribution in [-0.2, 0) is 4.79 Å². The van der Waals surface area contributed by atoms with E-state index in [-0.39, 0.29) is 11.9 Å². The molecule has 2 unspecified atom stereocenters. The van der Waals surface area contributed by atoms with E-state index < -0.39 is 0 Å². The highest BCUT2D eigenvalue weighted by molar-refractivity contribution is 5.81. The lowest BCUT2D eigenvalue weighted by Gasteiger charge is -2.30. The van der Waals surface area contributed by atoms with Gasteiger partial charge in [-0.3, -0.25) is 9.69 Å². The molecule has 1 aliphatic carbocycles. The quantitative estimate of drug-likeness (QED) is 0.633. The molecule has 2 fully saturated rings. The molecule has 0 radical (unpaired) electrons. The maximum atomic E-state index is 12.3. The molecule has 0 aromatic carbocycles. The molecule has 1 saturated carbocycles. The number of amides is 1. The monoisotopic (exact) mass is 281 g/mol. The van der Waals surface area contributed by atoms with E-state index >= 15 is 0 Å². The second-order valence-corrected chi connectivity index (χ2v) is 6.51. The van der Waals surface area contributed by atoms with Crippen molar-refractivity contribution in [2.75, 3.05) is 26.2 Å². The lowest BCUT2D eigenvalue weighted by molar-refractivity contribution is -0.126. The molecule has 1 aliphatic heterocycles.